The first kappa shape index (κ1) is 15.7. The number of rotatable bonds is 6. The van der Waals surface area contributed by atoms with Crippen molar-refractivity contribution < 1.29 is 14.1 Å². The Balaban J connectivity index is 2.26. The van der Waals surface area contributed by atoms with Gasteiger partial charge in [0.15, 0.2) is 0 Å². The maximum atomic E-state index is 12.0. The molecule has 5 nitrogen and oxygen atoms in total. The van der Waals surface area contributed by atoms with Crippen LogP contribution in [0.2, 0.25) is 0 Å². The van der Waals surface area contributed by atoms with Gasteiger partial charge in [0.2, 0.25) is 11.7 Å². The smallest absolute Gasteiger partial charge is 0.318 e. The fourth-order valence-electron chi connectivity index (χ4n) is 2.00. The molecule has 0 radical (unpaired) electrons. The minimum atomic E-state index is -0.497. The highest BCUT2D eigenvalue weighted by Crippen LogP contribution is 2.25. The van der Waals surface area contributed by atoms with Gasteiger partial charge >= 0.3 is 5.97 Å². The van der Waals surface area contributed by atoms with Gasteiger partial charge < -0.3 is 9.26 Å². The maximum Gasteiger partial charge on any atom is 0.318 e. The molecule has 0 aliphatic carbocycles. The summed E-state index contributed by atoms with van der Waals surface area (Å²) in [5, 5.41) is 3.96. The Kier molecular flexibility index (Phi) is 5.50. The lowest BCUT2D eigenvalue weighted by Crippen LogP contribution is -2.16. The van der Waals surface area contributed by atoms with Crippen LogP contribution in [-0.2, 0) is 9.53 Å². The Labute approximate surface area is 131 Å². The van der Waals surface area contributed by atoms with Gasteiger partial charge in [-0.2, -0.15) is 4.98 Å². The zero-order chi connectivity index (χ0) is 15.2. The van der Waals surface area contributed by atoms with Crippen molar-refractivity contribution in [2.45, 2.75) is 32.6 Å². The topological polar surface area (TPSA) is 65.2 Å². The zero-order valence-corrected chi connectivity index (χ0v) is 13.6. The number of nitrogens with zero attached hydrogens (tertiary/aromatic N) is 2. The molecule has 0 spiro atoms. The van der Waals surface area contributed by atoms with E-state index in [0.29, 0.717) is 24.7 Å². The van der Waals surface area contributed by atoms with E-state index in [1.165, 1.54) is 0 Å². The summed E-state index contributed by atoms with van der Waals surface area (Å²) in [6.45, 7) is 4.12. The highest BCUT2D eigenvalue weighted by Gasteiger charge is 2.27. The molecule has 1 atom stereocenters. The summed E-state index contributed by atoms with van der Waals surface area (Å²) < 4.78 is 11.3. The molecule has 1 aromatic heterocycles. The van der Waals surface area contributed by atoms with E-state index in [9.17, 15) is 4.79 Å². The molecule has 0 bridgehead atoms. The van der Waals surface area contributed by atoms with E-state index >= 15 is 0 Å². The predicted molar refractivity (Wildman–Crippen MR) is 81.7 cm³/mol. The summed E-state index contributed by atoms with van der Waals surface area (Å²) in [5.41, 5.74) is 0.832. The van der Waals surface area contributed by atoms with E-state index in [-0.39, 0.29) is 5.97 Å². The fourth-order valence-corrected chi connectivity index (χ4v) is 2.39. The van der Waals surface area contributed by atoms with Crippen molar-refractivity contribution in [1.82, 2.24) is 10.1 Å². The van der Waals surface area contributed by atoms with Crippen LogP contribution in [0.3, 0.4) is 0 Å². The van der Waals surface area contributed by atoms with Crippen LogP contribution in [0.1, 0.15) is 38.5 Å². The molecule has 0 aliphatic heterocycles. The summed E-state index contributed by atoms with van der Waals surface area (Å²) in [6, 6.07) is 7.60. The van der Waals surface area contributed by atoms with Gasteiger partial charge in [-0.15, -0.1) is 0 Å². The van der Waals surface area contributed by atoms with Crippen molar-refractivity contribution in [3.8, 4) is 11.4 Å². The van der Waals surface area contributed by atoms with Crippen LogP contribution < -0.4 is 0 Å². The third-order valence-corrected chi connectivity index (χ3v) is 3.46. The van der Waals surface area contributed by atoms with Crippen LogP contribution in [0.5, 0.6) is 0 Å². The molecule has 0 aliphatic rings. The number of hydrogen-bond donors (Lipinski definition) is 0. The van der Waals surface area contributed by atoms with E-state index < -0.39 is 5.92 Å². The molecule has 1 aromatic carbocycles. The van der Waals surface area contributed by atoms with Crippen molar-refractivity contribution >= 4 is 21.9 Å². The molecule has 2 rings (SSSR count). The maximum absolute atomic E-state index is 12.0. The average molecular weight is 353 g/mol. The molecule has 0 amide bonds. The lowest BCUT2D eigenvalue weighted by Gasteiger charge is -2.09. The third-order valence-electron chi connectivity index (χ3n) is 2.97. The third kappa shape index (κ3) is 3.91. The molecule has 0 N–H and O–H groups in total. The van der Waals surface area contributed by atoms with Crippen molar-refractivity contribution in [3.63, 3.8) is 0 Å². The van der Waals surface area contributed by atoms with Gasteiger partial charge in [0.1, 0.15) is 5.92 Å². The first-order chi connectivity index (χ1) is 10.2. The van der Waals surface area contributed by atoms with E-state index in [1.54, 1.807) is 6.92 Å². The Morgan fingerprint density at radius 3 is 2.90 bits per heavy atom. The normalized spacial score (nSPS) is 12.1. The second-order valence-corrected chi connectivity index (χ2v) is 5.48. The van der Waals surface area contributed by atoms with Crippen LogP contribution in [0, 0.1) is 0 Å². The number of carbonyl (C=O) groups is 1. The summed E-state index contributed by atoms with van der Waals surface area (Å²) in [5.74, 6) is -0.0332. The Morgan fingerprint density at radius 2 is 2.24 bits per heavy atom. The van der Waals surface area contributed by atoms with E-state index in [4.69, 9.17) is 9.26 Å². The van der Waals surface area contributed by atoms with Crippen LogP contribution >= 0.6 is 15.9 Å². The Bertz CT molecular complexity index is 612. The minimum absolute atomic E-state index is 0.310. The van der Waals surface area contributed by atoms with Gasteiger partial charge in [-0.05, 0) is 25.5 Å². The number of ether oxygens (including phenoxy) is 1. The van der Waals surface area contributed by atoms with Gasteiger partial charge in [0, 0.05) is 10.0 Å². The molecule has 112 valence electrons. The monoisotopic (exact) mass is 352 g/mol. The highest BCUT2D eigenvalue weighted by atomic mass is 79.9. The standard InChI is InChI=1S/C15H17BrN2O3/c1-3-6-12(15(19)20-4-2)14-17-13(18-21-14)10-7-5-8-11(16)9-10/h5,7-9,12H,3-4,6H2,1-2H3. The van der Waals surface area contributed by atoms with Crippen molar-refractivity contribution in [1.29, 1.82) is 0 Å². The van der Waals surface area contributed by atoms with Crippen LogP contribution in [0.4, 0.5) is 0 Å². The molecule has 1 unspecified atom stereocenters. The molecular formula is C15H17BrN2O3. The molecule has 21 heavy (non-hydrogen) atoms. The predicted octanol–water partition coefficient (Wildman–Crippen LogP) is 3.95. The van der Waals surface area contributed by atoms with Gasteiger partial charge in [-0.1, -0.05) is 46.6 Å². The number of hydrogen-bond acceptors (Lipinski definition) is 5. The van der Waals surface area contributed by atoms with Crippen LogP contribution in [0.25, 0.3) is 11.4 Å². The van der Waals surface area contributed by atoms with Gasteiger partial charge in [-0.25, -0.2) is 0 Å². The van der Waals surface area contributed by atoms with Gasteiger partial charge in [-0.3, -0.25) is 4.79 Å². The SMILES string of the molecule is CCCC(C(=O)OCC)c1nc(-c2cccc(Br)c2)no1. The summed E-state index contributed by atoms with van der Waals surface area (Å²) in [6.07, 6.45) is 1.46. The van der Waals surface area contributed by atoms with Crippen LogP contribution in [-0.4, -0.2) is 22.7 Å². The largest absolute Gasteiger partial charge is 0.465 e. The van der Waals surface area contributed by atoms with Gasteiger partial charge in [0.25, 0.3) is 0 Å². The molecular weight excluding hydrogens is 336 g/mol. The zero-order valence-electron chi connectivity index (χ0n) is 12.0. The minimum Gasteiger partial charge on any atom is -0.465 e. The van der Waals surface area contributed by atoms with Crippen LogP contribution in [0.15, 0.2) is 33.3 Å². The van der Waals surface area contributed by atoms with Gasteiger partial charge in [0.05, 0.1) is 6.61 Å². The van der Waals surface area contributed by atoms with Crippen molar-refractivity contribution in [2.24, 2.45) is 0 Å². The molecule has 1 heterocycles. The lowest BCUT2D eigenvalue weighted by atomic mass is 10.0. The highest BCUT2D eigenvalue weighted by molar-refractivity contribution is 9.10. The second kappa shape index (κ2) is 7.36. The number of benzene rings is 1. The summed E-state index contributed by atoms with van der Waals surface area (Å²) in [4.78, 5) is 16.3. The quantitative estimate of drug-likeness (QED) is 0.736. The molecule has 0 fully saturated rings. The molecule has 6 heteroatoms. The lowest BCUT2D eigenvalue weighted by molar-refractivity contribution is -0.145. The fraction of sp³-hybridized carbons (Fsp3) is 0.400. The van der Waals surface area contributed by atoms with E-state index in [2.05, 4.69) is 26.1 Å². The number of esters is 1. The first-order valence-corrected chi connectivity index (χ1v) is 7.71. The van der Waals surface area contributed by atoms with Crippen molar-refractivity contribution in [2.75, 3.05) is 6.61 Å². The Morgan fingerprint density at radius 1 is 1.43 bits per heavy atom. The average Bonchev–Trinajstić information content (AvgIpc) is 2.94. The number of carbonyl (C=O) groups excluding carboxylic acids is 1. The second-order valence-electron chi connectivity index (χ2n) is 4.56. The number of aromatic nitrogens is 2. The summed E-state index contributed by atoms with van der Waals surface area (Å²) >= 11 is 3.40. The van der Waals surface area contributed by atoms with E-state index in [1.807, 2.05) is 31.2 Å². The Hall–Kier alpha value is -1.69. The molecule has 0 saturated carbocycles. The molecule has 2 aromatic rings. The van der Waals surface area contributed by atoms with Crippen molar-refractivity contribution in [3.05, 3.63) is 34.6 Å². The summed E-state index contributed by atoms with van der Waals surface area (Å²) in [7, 11) is 0. The first-order valence-electron chi connectivity index (χ1n) is 6.91. The van der Waals surface area contributed by atoms with E-state index in [0.717, 1.165) is 16.5 Å². The molecule has 0 saturated heterocycles. The number of halogens is 1.